The normalized spacial score (nSPS) is 11.1. The van der Waals surface area contributed by atoms with Gasteiger partial charge in [-0.1, -0.05) is 6.58 Å². The molecule has 9 heteroatoms. The second kappa shape index (κ2) is 10.6. The van der Waals surface area contributed by atoms with Gasteiger partial charge in [-0.3, -0.25) is 15.3 Å². The van der Waals surface area contributed by atoms with Crippen molar-refractivity contribution in [2.75, 3.05) is 12.9 Å². The zero-order valence-corrected chi connectivity index (χ0v) is 15.6. The molecule has 1 aromatic rings. The number of phenols is 1. The second-order valence-electron chi connectivity index (χ2n) is 5.32. The first-order valence-corrected chi connectivity index (χ1v) is 8.32. The molecule has 1 rings (SSSR count). The molecule has 0 saturated heterocycles. The summed E-state index contributed by atoms with van der Waals surface area (Å²) >= 11 is 1.21. The Hall–Kier alpha value is -2.36. The maximum atomic E-state index is 12.1. The van der Waals surface area contributed by atoms with Crippen LogP contribution in [0.1, 0.15) is 17.5 Å². The molecule has 0 spiro atoms. The molecule has 0 heterocycles. The van der Waals surface area contributed by atoms with E-state index in [1.807, 2.05) is 0 Å². The minimum atomic E-state index is -1.21. The maximum absolute atomic E-state index is 12.1. The van der Waals surface area contributed by atoms with Crippen LogP contribution >= 0.6 is 11.8 Å². The molecule has 0 radical (unpaired) electrons. The number of carbonyl (C=O) groups is 3. The van der Waals surface area contributed by atoms with E-state index in [2.05, 4.69) is 11.3 Å². The quantitative estimate of drug-likeness (QED) is 0.167. The number of carbonyl (C=O) groups excluding carboxylic acids is 3. The Kier molecular flexibility index (Phi) is 9.63. The Morgan fingerprint density at radius 2 is 1.81 bits per heavy atom. The zero-order valence-electron chi connectivity index (χ0n) is 14.8. The van der Waals surface area contributed by atoms with Gasteiger partial charge in [-0.05, 0) is 37.1 Å². The first-order valence-electron chi connectivity index (χ1n) is 7.34. The van der Waals surface area contributed by atoms with E-state index in [0.29, 0.717) is 11.1 Å². The van der Waals surface area contributed by atoms with E-state index in [9.17, 15) is 19.5 Å². The molecule has 144 valence electrons. The number of ether oxygens (including phenoxy) is 2. The third-order valence-electron chi connectivity index (χ3n) is 3.27. The lowest BCUT2D eigenvalue weighted by Crippen LogP contribution is -2.32. The average molecular weight is 385 g/mol. The highest BCUT2D eigenvalue weighted by Gasteiger charge is 2.21. The van der Waals surface area contributed by atoms with Crippen molar-refractivity contribution in [3.8, 4) is 5.75 Å². The molecule has 8 nitrogen and oxygen atoms in total. The molecule has 0 fully saturated rings. The molecule has 1 unspecified atom stereocenters. The number of benzene rings is 1. The van der Waals surface area contributed by atoms with Gasteiger partial charge in [0.25, 0.3) is 0 Å². The smallest absolute Gasteiger partial charge is 0.342 e. The number of Topliss-reactive ketones (excluding diaryl/α,β-unsaturated/α-hetero) is 1. The Morgan fingerprint density at radius 3 is 2.31 bits per heavy atom. The van der Waals surface area contributed by atoms with Crippen LogP contribution in [0.4, 0.5) is 0 Å². The topological polar surface area (TPSA) is 147 Å². The summed E-state index contributed by atoms with van der Waals surface area (Å²) in [5, 5.41) is 9.74. The van der Waals surface area contributed by atoms with Gasteiger partial charge in [0.1, 0.15) is 5.75 Å². The number of hydrogen-bond acceptors (Lipinski definition) is 8. The van der Waals surface area contributed by atoms with E-state index < -0.39 is 23.9 Å². The average Bonchev–Trinajstić information content (AvgIpc) is 2.56. The highest BCUT2D eigenvalue weighted by molar-refractivity contribution is 8.00. The molecule has 0 bridgehead atoms. The lowest BCUT2D eigenvalue weighted by Gasteiger charge is -2.12. The molecular weight excluding hydrogens is 362 g/mol. The minimum absolute atomic E-state index is 0. The summed E-state index contributed by atoms with van der Waals surface area (Å²) in [6, 6.07) is 3.49. The third kappa shape index (κ3) is 6.87. The molecule has 0 saturated carbocycles. The SMILES string of the molecule is C=C(C(=O)CSc1cc(C)c(O)c(C)c1)C(=O)OC(N)CC(=O)OC.O. The number of aromatic hydroxyl groups is 1. The van der Waals surface area contributed by atoms with E-state index in [4.69, 9.17) is 10.5 Å². The highest BCUT2D eigenvalue weighted by Crippen LogP contribution is 2.28. The second-order valence-corrected chi connectivity index (χ2v) is 6.37. The minimum Gasteiger partial charge on any atom is -0.507 e. The molecule has 1 aromatic carbocycles. The van der Waals surface area contributed by atoms with Gasteiger partial charge < -0.3 is 20.1 Å². The summed E-state index contributed by atoms with van der Waals surface area (Å²) < 4.78 is 9.19. The number of ketones is 1. The molecule has 0 aliphatic carbocycles. The predicted octanol–water partition coefficient (Wildman–Crippen LogP) is 0.793. The van der Waals surface area contributed by atoms with E-state index in [1.54, 1.807) is 26.0 Å². The van der Waals surface area contributed by atoms with Crippen molar-refractivity contribution >= 4 is 29.5 Å². The summed E-state index contributed by atoms with van der Waals surface area (Å²) in [6.07, 6.45) is -1.52. The van der Waals surface area contributed by atoms with Crippen molar-refractivity contribution in [3.05, 3.63) is 35.4 Å². The van der Waals surface area contributed by atoms with Crippen LogP contribution in [0.25, 0.3) is 0 Å². The van der Waals surface area contributed by atoms with Crippen molar-refractivity contribution in [2.24, 2.45) is 5.73 Å². The van der Waals surface area contributed by atoms with Gasteiger partial charge in [0, 0.05) is 4.90 Å². The van der Waals surface area contributed by atoms with Gasteiger partial charge >= 0.3 is 11.9 Å². The van der Waals surface area contributed by atoms with Crippen molar-refractivity contribution in [1.82, 2.24) is 0 Å². The van der Waals surface area contributed by atoms with Gasteiger partial charge in [-0.2, -0.15) is 0 Å². The number of aryl methyl sites for hydroxylation is 2. The molecule has 0 aromatic heterocycles. The lowest BCUT2D eigenvalue weighted by molar-refractivity contribution is -0.150. The van der Waals surface area contributed by atoms with Gasteiger partial charge in [0.2, 0.25) is 0 Å². The van der Waals surface area contributed by atoms with Crippen LogP contribution in [-0.2, 0) is 23.9 Å². The van der Waals surface area contributed by atoms with E-state index >= 15 is 0 Å². The molecule has 5 N–H and O–H groups in total. The van der Waals surface area contributed by atoms with Gasteiger partial charge in [-0.15, -0.1) is 11.8 Å². The standard InChI is InChI=1S/C17H21NO6S.H2O/c1-9-5-12(6-10(2)16(9)21)25-8-13(19)11(3)17(22)24-14(18)7-15(20)23-4;/h5-6,14,21H,3,7-8,18H2,1-2,4H3;1H2. The van der Waals surface area contributed by atoms with Crippen molar-refractivity contribution in [1.29, 1.82) is 0 Å². The largest absolute Gasteiger partial charge is 0.507 e. The Bertz CT molecular complexity index is 679. The van der Waals surface area contributed by atoms with Gasteiger partial charge in [-0.25, -0.2) is 4.79 Å². The summed E-state index contributed by atoms with van der Waals surface area (Å²) in [5.41, 5.74) is 6.52. The van der Waals surface area contributed by atoms with E-state index in [0.717, 1.165) is 4.90 Å². The molecule has 1 atom stereocenters. The van der Waals surface area contributed by atoms with Crippen LogP contribution in [0.3, 0.4) is 0 Å². The Morgan fingerprint density at radius 1 is 1.27 bits per heavy atom. The molecule has 0 amide bonds. The number of methoxy groups -OCH3 is 1. The Labute approximate surface area is 155 Å². The number of rotatable bonds is 8. The zero-order chi connectivity index (χ0) is 19.1. The van der Waals surface area contributed by atoms with Gasteiger partial charge in [0.05, 0.1) is 24.9 Å². The first-order chi connectivity index (χ1) is 11.6. The van der Waals surface area contributed by atoms with Crippen LogP contribution in [-0.4, -0.2) is 47.4 Å². The molecular formula is C17H23NO7S. The fourth-order valence-corrected chi connectivity index (χ4v) is 2.84. The number of esters is 2. The van der Waals surface area contributed by atoms with Crippen LogP contribution in [0.5, 0.6) is 5.75 Å². The van der Waals surface area contributed by atoms with Crippen molar-refractivity contribution in [3.63, 3.8) is 0 Å². The number of nitrogens with two attached hydrogens (primary N) is 1. The summed E-state index contributed by atoms with van der Waals surface area (Å²) in [5.74, 6) is -1.93. The predicted molar refractivity (Wildman–Crippen MR) is 96.8 cm³/mol. The lowest BCUT2D eigenvalue weighted by atomic mass is 10.1. The fourth-order valence-electron chi connectivity index (χ4n) is 1.85. The maximum Gasteiger partial charge on any atom is 0.342 e. The number of hydrogen-bond donors (Lipinski definition) is 2. The Balaban J connectivity index is 0.00000625. The fraction of sp³-hybridized carbons (Fsp3) is 0.353. The summed E-state index contributed by atoms with van der Waals surface area (Å²) in [7, 11) is 1.18. The summed E-state index contributed by atoms with van der Waals surface area (Å²) in [4.78, 5) is 35.7. The van der Waals surface area contributed by atoms with E-state index in [-0.39, 0.29) is 29.0 Å². The number of thioether (sulfide) groups is 1. The molecule has 0 aliphatic rings. The van der Waals surface area contributed by atoms with Crippen LogP contribution in [0.15, 0.2) is 29.2 Å². The van der Waals surface area contributed by atoms with Gasteiger partial charge in [0.15, 0.2) is 12.0 Å². The van der Waals surface area contributed by atoms with Crippen LogP contribution < -0.4 is 5.73 Å². The molecule has 0 aliphatic heterocycles. The van der Waals surface area contributed by atoms with Crippen molar-refractivity contribution < 1.29 is 34.4 Å². The van der Waals surface area contributed by atoms with Crippen LogP contribution in [0, 0.1) is 13.8 Å². The first kappa shape index (κ1) is 23.6. The number of phenolic OH excluding ortho intramolecular Hbond substituents is 1. The summed E-state index contributed by atoms with van der Waals surface area (Å²) in [6.45, 7) is 6.93. The highest BCUT2D eigenvalue weighted by atomic mass is 32.2. The van der Waals surface area contributed by atoms with Crippen LogP contribution in [0.2, 0.25) is 0 Å². The molecule has 26 heavy (non-hydrogen) atoms. The van der Waals surface area contributed by atoms with E-state index in [1.165, 1.54) is 18.9 Å². The van der Waals surface area contributed by atoms with Crippen molar-refractivity contribution in [2.45, 2.75) is 31.4 Å². The third-order valence-corrected chi connectivity index (χ3v) is 4.25. The monoisotopic (exact) mass is 385 g/mol.